The second kappa shape index (κ2) is 6.65. The quantitative estimate of drug-likeness (QED) is 0.761. The smallest absolute Gasteiger partial charge is 0.314 e. The van der Waals surface area contributed by atoms with Crippen molar-refractivity contribution in [3.8, 4) is 11.5 Å². The largest absolute Gasteiger partial charge is 0.481 e. The lowest BCUT2D eigenvalue weighted by Gasteiger charge is -2.12. The molecule has 2 aromatic rings. The van der Waals surface area contributed by atoms with Crippen LogP contribution in [0.15, 0.2) is 47.4 Å². The molecule has 148 valence electrons. The van der Waals surface area contributed by atoms with E-state index in [1.165, 1.54) is 31.4 Å². The van der Waals surface area contributed by atoms with E-state index in [4.69, 9.17) is 25.8 Å². The van der Waals surface area contributed by atoms with E-state index in [0.717, 1.165) is 0 Å². The molecule has 0 saturated heterocycles. The van der Waals surface area contributed by atoms with Gasteiger partial charge in [0.15, 0.2) is 21.3 Å². The number of fused-ring (bicyclic) bond motifs is 1. The minimum Gasteiger partial charge on any atom is -0.481 e. The van der Waals surface area contributed by atoms with Crippen LogP contribution in [0.5, 0.6) is 11.5 Å². The van der Waals surface area contributed by atoms with Crippen LogP contribution in [0.3, 0.4) is 0 Å². The van der Waals surface area contributed by atoms with Crippen molar-refractivity contribution >= 4 is 27.4 Å². The molecule has 1 aliphatic carbocycles. The number of hydrogen-bond acceptors (Lipinski definition) is 6. The molecule has 0 bridgehead atoms. The average molecular weight is 425 g/mol. The van der Waals surface area contributed by atoms with Crippen LogP contribution in [0.2, 0.25) is 5.02 Å². The van der Waals surface area contributed by atoms with Crippen LogP contribution in [0, 0.1) is 5.41 Å². The van der Waals surface area contributed by atoms with Crippen molar-refractivity contribution in [2.24, 2.45) is 5.41 Å². The van der Waals surface area contributed by atoms with Gasteiger partial charge >= 0.3 is 5.97 Å². The van der Waals surface area contributed by atoms with E-state index < -0.39 is 32.4 Å². The predicted octanol–water partition coefficient (Wildman–Crippen LogP) is 2.73. The Hall–Kier alpha value is -2.29. The molecule has 0 amide bonds. The third-order valence-electron chi connectivity index (χ3n) is 5.27. The molecular formula is C19H17ClO7S. The number of sulfone groups is 1. The van der Waals surface area contributed by atoms with Crippen molar-refractivity contribution in [1.29, 1.82) is 0 Å². The Morgan fingerprint density at radius 1 is 1.21 bits per heavy atom. The van der Waals surface area contributed by atoms with Crippen molar-refractivity contribution in [3.63, 3.8) is 0 Å². The number of aliphatic carboxylic acids is 1. The zero-order valence-electron chi connectivity index (χ0n) is 14.8. The van der Waals surface area contributed by atoms with Crippen molar-refractivity contribution in [3.05, 3.63) is 53.1 Å². The van der Waals surface area contributed by atoms with Crippen LogP contribution in [0.25, 0.3) is 0 Å². The van der Waals surface area contributed by atoms with E-state index in [1.807, 2.05) is 0 Å². The molecule has 7 nitrogen and oxygen atoms in total. The lowest BCUT2D eigenvalue weighted by atomic mass is 9.99. The van der Waals surface area contributed by atoms with Gasteiger partial charge in [-0.1, -0.05) is 17.7 Å². The number of benzene rings is 2. The van der Waals surface area contributed by atoms with Gasteiger partial charge in [-0.15, -0.1) is 0 Å². The highest BCUT2D eigenvalue weighted by Crippen LogP contribution is 2.65. The summed E-state index contributed by atoms with van der Waals surface area (Å²) in [5.41, 5.74) is -1.05. The lowest BCUT2D eigenvalue weighted by molar-refractivity contribution is -0.145. The highest BCUT2D eigenvalue weighted by atomic mass is 35.5. The number of methoxy groups -OCH3 is 1. The molecule has 1 saturated carbocycles. The predicted molar refractivity (Wildman–Crippen MR) is 99.7 cm³/mol. The van der Waals surface area contributed by atoms with Crippen LogP contribution in [0.1, 0.15) is 11.5 Å². The fraction of sp³-hybridized carbons (Fsp3) is 0.316. The Labute approximate surface area is 166 Å². The molecule has 9 heteroatoms. The van der Waals surface area contributed by atoms with Crippen LogP contribution in [-0.2, 0) is 19.4 Å². The standard InChI is InChI=1S/C19H17ClO7S/c1-25-9-19(18(21)22)16(11-2-7-14-15(8-11)27-10-26-14)17(19)28(23,24)13-5-3-12(20)4-6-13/h2-8,16-17H,9-10H2,1H3,(H,21,22)/t16-,17+,19-/m0/s1. The van der Waals surface area contributed by atoms with E-state index >= 15 is 0 Å². The SMILES string of the molecule is COC[C@@]1(C(=O)O)[C@H](S(=O)(=O)c2ccc(Cl)cc2)[C@@H]1c1ccc2c(c1)OCO2. The van der Waals surface area contributed by atoms with E-state index in [2.05, 4.69) is 0 Å². The van der Waals surface area contributed by atoms with Gasteiger partial charge in [-0.25, -0.2) is 8.42 Å². The summed E-state index contributed by atoms with van der Waals surface area (Å²) in [7, 11) is -2.61. The van der Waals surface area contributed by atoms with Gasteiger partial charge in [0.1, 0.15) is 5.41 Å². The molecule has 1 N–H and O–H groups in total. The number of carbonyl (C=O) groups is 1. The molecule has 0 radical (unpaired) electrons. The zero-order chi connectivity index (χ0) is 20.1. The summed E-state index contributed by atoms with van der Waals surface area (Å²) < 4.78 is 42.4. The normalized spacial score (nSPS) is 25.5. The van der Waals surface area contributed by atoms with Gasteiger partial charge in [0, 0.05) is 18.1 Å². The van der Waals surface area contributed by atoms with Crippen LogP contribution >= 0.6 is 11.6 Å². The first-order valence-corrected chi connectivity index (χ1v) is 10.4. The second-order valence-corrected chi connectivity index (χ2v) is 9.29. The summed E-state index contributed by atoms with van der Waals surface area (Å²) in [5, 5.41) is 9.17. The third kappa shape index (κ3) is 2.75. The summed E-state index contributed by atoms with van der Waals surface area (Å²) in [6, 6.07) is 10.6. The molecule has 4 rings (SSSR count). The van der Waals surface area contributed by atoms with Gasteiger partial charge in [0.25, 0.3) is 0 Å². The first-order valence-electron chi connectivity index (χ1n) is 8.43. The number of ether oxygens (including phenoxy) is 3. The third-order valence-corrected chi connectivity index (χ3v) is 7.81. The van der Waals surface area contributed by atoms with E-state index in [1.54, 1.807) is 18.2 Å². The van der Waals surface area contributed by atoms with Crippen molar-refractivity contribution < 1.29 is 32.5 Å². The minimum absolute atomic E-state index is 0.0203. The first kappa shape index (κ1) is 19.0. The Balaban J connectivity index is 1.81. The van der Waals surface area contributed by atoms with Crippen molar-refractivity contribution in [2.75, 3.05) is 20.5 Å². The summed E-state index contributed by atoms with van der Waals surface area (Å²) in [5.74, 6) is -1.02. The molecule has 2 aliphatic rings. The summed E-state index contributed by atoms with van der Waals surface area (Å²) in [6.07, 6.45) is 0. The second-order valence-electron chi connectivity index (χ2n) is 6.79. The van der Waals surface area contributed by atoms with Gasteiger partial charge in [0.05, 0.1) is 16.8 Å². The number of halogens is 1. The van der Waals surface area contributed by atoms with Gasteiger partial charge in [-0.05, 0) is 42.0 Å². The zero-order valence-corrected chi connectivity index (χ0v) is 16.4. The van der Waals surface area contributed by atoms with Crippen molar-refractivity contribution in [2.45, 2.75) is 16.1 Å². The van der Waals surface area contributed by atoms with E-state index in [-0.39, 0.29) is 18.3 Å². The topological polar surface area (TPSA) is 99.1 Å². The monoisotopic (exact) mass is 424 g/mol. The van der Waals surface area contributed by atoms with Crippen LogP contribution in [-0.4, -0.2) is 45.3 Å². The maximum absolute atomic E-state index is 13.3. The molecule has 0 aromatic heterocycles. The molecule has 0 spiro atoms. The fourth-order valence-corrected chi connectivity index (χ4v) is 6.42. The maximum Gasteiger partial charge on any atom is 0.314 e. The molecule has 1 fully saturated rings. The van der Waals surface area contributed by atoms with Gasteiger partial charge < -0.3 is 19.3 Å². The summed E-state index contributed by atoms with van der Waals surface area (Å²) in [4.78, 5) is 12.2. The molecule has 1 aliphatic heterocycles. The van der Waals surface area contributed by atoms with E-state index in [9.17, 15) is 18.3 Å². The summed E-state index contributed by atoms with van der Waals surface area (Å²) >= 11 is 5.86. The van der Waals surface area contributed by atoms with Gasteiger partial charge in [0.2, 0.25) is 6.79 Å². The number of carboxylic acids is 1. The molecular weight excluding hydrogens is 408 g/mol. The Kier molecular flexibility index (Phi) is 4.52. The number of rotatable bonds is 6. The van der Waals surface area contributed by atoms with Gasteiger partial charge in [-0.3, -0.25) is 4.79 Å². The maximum atomic E-state index is 13.3. The molecule has 2 aromatic carbocycles. The van der Waals surface area contributed by atoms with Crippen LogP contribution in [0.4, 0.5) is 0 Å². The van der Waals surface area contributed by atoms with E-state index in [0.29, 0.717) is 22.1 Å². The van der Waals surface area contributed by atoms with Crippen LogP contribution < -0.4 is 9.47 Å². The summed E-state index contributed by atoms with van der Waals surface area (Å²) in [6.45, 7) is -0.170. The Bertz CT molecular complexity index is 1030. The number of hydrogen-bond donors (Lipinski definition) is 1. The minimum atomic E-state index is -3.96. The highest BCUT2D eigenvalue weighted by Gasteiger charge is 2.76. The van der Waals surface area contributed by atoms with Crippen molar-refractivity contribution in [1.82, 2.24) is 0 Å². The Morgan fingerprint density at radius 3 is 2.54 bits per heavy atom. The fourth-order valence-electron chi connectivity index (χ4n) is 3.94. The highest BCUT2D eigenvalue weighted by molar-refractivity contribution is 7.92. The molecule has 1 heterocycles. The first-order chi connectivity index (χ1) is 13.3. The molecule has 3 atom stereocenters. The number of carboxylic acid groups (broad SMARTS) is 1. The lowest BCUT2D eigenvalue weighted by Crippen LogP contribution is -2.28. The van der Waals surface area contributed by atoms with Gasteiger partial charge in [-0.2, -0.15) is 0 Å². The molecule has 0 unspecified atom stereocenters. The molecule has 28 heavy (non-hydrogen) atoms. The Morgan fingerprint density at radius 2 is 1.89 bits per heavy atom. The average Bonchev–Trinajstić information content (AvgIpc) is 3.13.